The molecule has 0 unspecified atom stereocenters. The summed E-state index contributed by atoms with van der Waals surface area (Å²) in [6.07, 6.45) is 30.0. The summed E-state index contributed by atoms with van der Waals surface area (Å²) in [4.78, 5) is 10.4. The molecule has 3 fully saturated rings. The van der Waals surface area contributed by atoms with Crippen LogP contribution in [0.5, 0.6) is 0 Å². The number of carboxylic acids is 1. The van der Waals surface area contributed by atoms with E-state index >= 15 is 0 Å². The number of hydrogen-bond acceptors (Lipinski definition) is 1. The molecule has 2 bridgehead atoms. The van der Waals surface area contributed by atoms with Gasteiger partial charge in [0.05, 0.1) is 0 Å². The van der Waals surface area contributed by atoms with Crippen LogP contribution in [0, 0.1) is 11.3 Å². The lowest BCUT2D eigenvalue weighted by Gasteiger charge is -2.70. The van der Waals surface area contributed by atoms with Crippen molar-refractivity contribution in [2.24, 2.45) is 11.3 Å². The second-order valence-corrected chi connectivity index (χ2v) is 10.7. The van der Waals surface area contributed by atoms with E-state index in [0.29, 0.717) is 6.42 Å². The smallest absolute Gasteiger partial charge is 0.303 e. The Labute approximate surface area is 191 Å². The topological polar surface area (TPSA) is 37.3 Å². The van der Waals surface area contributed by atoms with Crippen LogP contribution in [-0.2, 0) is 4.79 Å². The molecule has 0 aliphatic heterocycles. The van der Waals surface area contributed by atoms with Gasteiger partial charge in [0.25, 0.3) is 0 Å². The molecule has 0 spiro atoms. The first-order chi connectivity index (χ1) is 15.0. The van der Waals surface area contributed by atoms with Crippen LogP contribution in [0.25, 0.3) is 0 Å². The zero-order chi connectivity index (χ0) is 22.4. The minimum Gasteiger partial charge on any atom is -0.481 e. The van der Waals surface area contributed by atoms with Gasteiger partial charge in [-0.1, -0.05) is 115 Å². The molecule has 3 aliphatic rings. The number of allylic oxidation sites excluding steroid dienone is 2. The average molecular weight is 437 g/mol. The first-order valence-corrected chi connectivity index (χ1v) is 13.6. The van der Waals surface area contributed by atoms with Gasteiger partial charge in [0, 0.05) is 6.42 Å². The van der Waals surface area contributed by atoms with E-state index in [1.54, 1.807) is 0 Å². The lowest BCUT2D eigenvalue weighted by molar-refractivity contribution is -0.245. The fraction of sp³-hybridized carbons (Fsp3) is 0.893. The molecular weight excluding hydrogens is 387 g/mol. The molecule has 3 heteroatoms. The first kappa shape index (κ1) is 26.4. The third-order valence-electron chi connectivity index (χ3n) is 8.10. The van der Waals surface area contributed by atoms with Crippen molar-refractivity contribution in [3.05, 3.63) is 12.2 Å². The monoisotopic (exact) mass is 436 g/mol. The van der Waals surface area contributed by atoms with E-state index in [9.17, 15) is 9.18 Å². The molecule has 0 heterocycles. The Morgan fingerprint density at radius 2 is 1.16 bits per heavy atom. The summed E-state index contributed by atoms with van der Waals surface area (Å²) in [6.45, 7) is 2.08. The molecule has 0 amide bonds. The van der Waals surface area contributed by atoms with Gasteiger partial charge in [0.15, 0.2) is 0 Å². The number of aliphatic carboxylic acids is 1. The fourth-order valence-corrected chi connectivity index (χ4v) is 5.68. The Bertz CT molecular complexity index is 521. The molecule has 180 valence electrons. The van der Waals surface area contributed by atoms with Crippen LogP contribution in [0.4, 0.5) is 4.39 Å². The van der Waals surface area contributed by atoms with E-state index in [4.69, 9.17) is 5.11 Å². The summed E-state index contributed by atoms with van der Waals surface area (Å²) in [5.41, 5.74) is -0.546. The highest BCUT2D eigenvalue weighted by atomic mass is 19.1. The Balaban J connectivity index is 1.21. The van der Waals surface area contributed by atoms with Crippen molar-refractivity contribution < 1.29 is 14.3 Å². The van der Waals surface area contributed by atoms with Crippen molar-refractivity contribution in [2.75, 3.05) is 0 Å². The number of hydrogen-bond donors (Lipinski definition) is 1. The molecule has 2 nitrogen and oxygen atoms in total. The Morgan fingerprint density at radius 3 is 1.52 bits per heavy atom. The maximum atomic E-state index is 13.8. The van der Waals surface area contributed by atoms with Crippen LogP contribution in [0.2, 0.25) is 0 Å². The van der Waals surface area contributed by atoms with Crippen molar-refractivity contribution in [1.82, 2.24) is 0 Å². The SMILES string of the molecule is C[C@H]1C2(F)CC1(/C=C/CCCCCCCCCCCCCCCCCCCC(=O)O)C2. The summed E-state index contributed by atoms with van der Waals surface area (Å²) in [5, 5.41) is 8.60. The van der Waals surface area contributed by atoms with Crippen molar-refractivity contribution >= 4 is 5.97 Å². The Morgan fingerprint density at radius 1 is 0.774 bits per heavy atom. The maximum Gasteiger partial charge on any atom is 0.303 e. The lowest BCUT2D eigenvalue weighted by Crippen LogP contribution is -2.70. The summed E-state index contributed by atoms with van der Waals surface area (Å²) >= 11 is 0. The van der Waals surface area contributed by atoms with E-state index in [0.717, 1.165) is 25.7 Å². The number of halogens is 1. The standard InChI is InChI=1S/C28H49FO2/c1-25-27(23-28(25,29)24-27)22-20-18-16-14-12-10-8-6-4-2-3-5-7-9-11-13-15-17-19-21-26(30)31/h20,22,25H,2-19,21,23-24H2,1H3,(H,30,31)/b22-20+/t25-,27?,28?/m1/s1. The zero-order valence-electron chi connectivity index (χ0n) is 20.3. The fourth-order valence-electron chi connectivity index (χ4n) is 5.68. The van der Waals surface area contributed by atoms with Crippen LogP contribution >= 0.6 is 0 Å². The van der Waals surface area contributed by atoms with Crippen molar-refractivity contribution in [1.29, 1.82) is 0 Å². The molecule has 1 N–H and O–H groups in total. The van der Waals surface area contributed by atoms with Crippen LogP contribution in [0.1, 0.15) is 142 Å². The normalized spacial score (nSPS) is 26.7. The highest BCUT2D eigenvalue weighted by molar-refractivity contribution is 5.66. The lowest BCUT2D eigenvalue weighted by atomic mass is 9.36. The largest absolute Gasteiger partial charge is 0.481 e. The Hall–Kier alpha value is -0.860. The first-order valence-electron chi connectivity index (χ1n) is 13.6. The molecule has 0 aromatic heterocycles. The summed E-state index contributed by atoms with van der Waals surface area (Å²) in [6, 6.07) is 0. The molecule has 0 saturated heterocycles. The number of carboxylic acid groups (broad SMARTS) is 1. The average Bonchev–Trinajstić information content (AvgIpc) is 2.73. The van der Waals surface area contributed by atoms with Gasteiger partial charge >= 0.3 is 5.97 Å². The van der Waals surface area contributed by atoms with Gasteiger partial charge in [0.2, 0.25) is 0 Å². The van der Waals surface area contributed by atoms with E-state index in [-0.39, 0.29) is 11.3 Å². The molecule has 31 heavy (non-hydrogen) atoms. The molecule has 3 saturated carbocycles. The number of carbonyl (C=O) groups is 1. The van der Waals surface area contributed by atoms with Crippen LogP contribution in [0.15, 0.2) is 12.2 Å². The second-order valence-electron chi connectivity index (χ2n) is 10.7. The number of unbranched alkanes of at least 4 members (excludes halogenated alkanes) is 17. The van der Waals surface area contributed by atoms with Gasteiger partial charge in [-0.05, 0) is 43.4 Å². The zero-order valence-corrected chi connectivity index (χ0v) is 20.3. The summed E-state index contributed by atoms with van der Waals surface area (Å²) in [5.74, 6) is -0.391. The third-order valence-corrected chi connectivity index (χ3v) is 8.10. The van der Waals surface area contributed by atoms with Gasteiger partial charge in [-0.2, -0.15) is 0 Å². The highest BCUT2D eigenvalue weighted by Crippen LogP contribution is 2.74. The van der Waals surface area contributed by atoms with E-state index in [1.807, 2.05) is 0 Å². The highest BCUT2D eigenvalue weighted by Gasteiger charge is 2.73. The molecule has 3 rings (SSSR count). The summed E-state index contributed by atoms with van der Waals surface area (Å²) in [7, 11) is 0. The molecule has 0 aromatic rings. The number of rotatable bonds is 21. The van der Waals surface area contributed by atoms with E-state index in [1.165, 1.54) is 103 Å². The maximum absolute atomic E-state index is 13.8. The van der Waals surface area contributed by atoms with Crippen molar-refractivity contribution in [3.63, 3.8) is 0 Å². The van der Waals surface area contributed by atoms with Gasteiger partial charge < -0.3 is 5.11 Å². The molecule has 3 aliphatic carbocycles. The van der Waals surface area contributed by atoms with Crippen molar-refractivity contribution in [2.45, 2.75) is 147 Å². The van der Waals surface area contributed by atoms with Crippen molar-refractivity contribution in [3.8, 4) is 0 Å². The third kappa shape index (κ3) is 9.26. The van der Waals surface area contributed by atoms with Gasteiger partial charge in [-0.15, -0.1) is 0 Å². The molecular formula is C28H49FO2. The van der Waals surface area contributed by atoms with Gasteiger partial charge in [-0.25, -0.2) is 4.39 Å². The van der Waals surface area contributed by atoms with Crippen LogP contribution < -0.4 is 0 Å². The van der Waals surface area contributed by atoms with Crippen LogP contribution in [-0.4, -0.2) is 16.7 Å². The van der Waals surface area contributed by atoms with E-state index < -0.39 is 11.6 Å². The molecule has 1 atom stereocenters. The van der Waals surface area contributed by atoms with Gasteiger partial charge in [-0.3, -0.25) is 4.79 Å². The Kier molecular flexibility index (Phi) is 12.2. The minimum atomic E-state index is -0.795. The van der Waals surface area contributed by atoms with Crippen LogP contribution in [0.3, 0.4) is 0 Å². The van der Waals surface area contributed by atoms with Gasteiger partial charge in [0.1, 0.15) is 5.67 Å². The molecule has 0 radical (unpaired) electrons. The quantitative estimate of drug-likeness (QED) is 0.144. The van der Waals surface area contributed by atoms with E-state index in [2.05, 4.69) is 19.1 Å². The number of alkyl halides is 1. The predicted octanol–water partition coefficient (Wildman–Crippen LogP) is 9.18. The predicted molar refractivity (Wildman–Crippen MR) is 129 cm³/mol. The second kappa shape index (κ2) is 14.3. The molecule has 0 aromatic carbocycles. The summed E-state index contributed by atoms with van der Waals surface area (Å²) < 4.78 is 13.8. The minimum absolute atomic E-state index is 0.249.